The quantitative estimate of drug-likeness (QED) is 0.710. The Labute approximate surface area is 141 Å². The zero-order chi connectivity index (χ0) is 17.3. The van der Waals surface area contributed by atoms with Crippen LogP contribution >= 0.6 is 0 Å². The fourth-order valence-electron chi connectivity index (χ4n) is 2.11. The van der Waals surface area contributed by atoms with Crippen LogP contribution in [0.2, 0.25) is 0 Å². The van der Waals surface area contributed by atoms with Gasteiger partial charge in [0.15, 0.2) is 0 Å². The van der Waals surface area contributed by atoms with Gasteiger partial charge in [-0.3, -0.25) is 0 Å². The maximum atomic E-state index is 5.62. The van der Waals surface area contributed by atoms with E-state index < -0.39 is 0 Å². The number of hydrogen-bond acceptors (Lipinski definition) is 3. The number of hydrazine groups is 1. The standard InChI is InChI=1S/C12H12N2.C8H18O/c1-3-7-11(8-4-1)13-14-12-9-5-2-6-10-12;1-7(2,3)9-8(4,5)6/h1-10,13-14H;1-6H3. The molecule has 0 spiro atoms. The van der Waals surface area contributed by atoms with Crippen LogP contribution in [-0.2, 0) is 4.74 Å². The average Bonchev–Trinajstić information content (AvgIpc) is 2.44. The van der Waals surface area contributed by atoms with Gasteiger partial charge in [-0.05, 0) is 65.8 Å². The zero-order valence-electron chi connectivity index (χ0n) is 15.2. The van der Waals surface area contributed by atoms with Crippen LogP contribution in [0, 0.1) is 0 Å². The second-order valence-corrected chi connectivity index (χ2v) is 7.31. The van der Waals surface area contributed by atoms with Gasteiger partial charge in [0.25, 0.3) is 0 Å². The molecule has 0 atom stereocenters. The highest BCUT2D eigenvalue weighted by Gasteiger charge is 2.19. The van der Waals surface area contributed by atoms with E-state index >= 15 is 0 Å². The first-order chi connectivity index (χ1) is 10.7. The van der Waals surface area contributed by atoms with Gasteiger partial charge in [-0.25, -0.2) is 0 Å². The van der Waals surface area contributed by atoms with E-state index in [0.717, 1.165) is 11.4 Å². The summed E-state index contributed by atoms with van der Waals surface area (Å²) in [5.41, 5.74) is 8.29. The summed E-state index contributed by atoms with van der Waals surface area (Å²) in [5.74, 6) is 0. The number of benzene rings is 2. The van der Waals surface area contributed by atoms with Crippen LogP contribution in [0.1, 0.15) is 41.5 Å². The molecule has 2 aromatic rings. The van der Waals surface area contributed by atoms with E-state index in [2.05, 4.69) is 52.4 Å². The van der Waals surface area contributed by atoms with Gasteiger partial charge < -0.3 is 15.6 Å². The monoisotopic (exact) mass is 314 g/mol. The smallest absolute Gasteiger partial charge is 0.0605 e. The largest absolute Gasteiger partial charge is 0.370 e. The number of nitrogens with one attached hydrogen (secondary N) is 2. The topological polar surface area (TPSA) is 33.3 Å². The van der Waals surface area contributed by atoms with Crippen LogP contribution in [0.15, 0.2) is 60.7 Å². The Morgan fingerprint density at radius 1 is 0.565 bits per heavy atom. The Kier molecular flexibility index (Phi) is 7.11. The fraction of sp³-hybridized carbons (Fsp3) is 0.400. The number of hydrogen-bond donors (Lipinski definition) is 2. The molecule has 23 heavy (non-hydrogen) atoms. The lowest BCUT2D eigenvalue weighted by Crippen LogP contribution is -2.31. The van der Waals surface area contributed by atoms with Gasteiger partial charge in [0.2, 0.25) is 0 Å². The first kappa shape index (κ1) is 19.0. The van der Waals surface area contributed by atoms with Crippen LogP contribution < -0.4 is 10.9 Å². The molecule has 0 aliphatic rings. The minimum Gasteiger partial charge on any atom is -0.370 e. The van der Waals surface area contributed by atoms with Gasteiger partial charge in [-0.2, -0.15) is 0 Å². The predicted molar refractivity (Wildman–Crippen MR) is 101 cm³/mol. The Morgan fingerprint density at radius 2 is 0.870 bits per heavy atom. The molecule has 2 aromatic carbocycles. The Morgan fingerprint density at radius 3 is 1.09 bits per heavy atom. The maximum absolute atomic E-state index is 5.62. The van der Waals surface area contributed by atoms with Crippen molar-refractivity contribution in [1.29, 1.82) is 0 Å². The minimum atomic E-state index is -0.0156. The number of anilines is 2. The summed E-state index contributed by atoms with van der Waals surface area (Å²) < 4.78 is 5.62. The zero-order valence-corrected chi connectivity index (χ0v) is 15.2. The third kappa shape index (κ3) is 10.4. The van der Waals surface area contributed by atoms with Crippen molar-refractivity contribution < 1.29 is 4.74 Å². The molecule has 0 heterocycles. The number of para-hydroxylation sites is 2. The molecule has 3 heteroatoms. The Hall–Kier alpha value is -2.00. The lowest BCUT2D eigenvalue weighted by molar-refractivity contribution is -0.102. The van der Waals surface area contributed by atoms with Gasteiger partial charge in [-0.15, -0.1) is 0 Å². The van der Waals surface area contributed by atoms with E-state index in [4.69, 9.17) is 4.74 Å². The molecular weight excluding hydrogens is 284 g/mol. The van der Waals surface area contributed by atoms with Crippen LogP contribution in [-0.4, -0.2) is 11.2 Å². The third-order valence-corrected chi connectivity index (χ3v) is 2.51. The van der Waals surface area contributed by atoms with Crippen molar-refractivity contribution in [3.8, 4) is 0 Å². The van der Waals surface area contributed by atoms with Gasteiger partial charge in [0, 0.05) is 0 Å². The second-order valence-electron chi connectivity index (χ2n) is 7.31. The van der Waals surface area contributed by atoms with Crippen LogP contribution in [0.5, 0.6) is 0 Å². The Balaban J connectivity index is 0.000000257. The van der Waals surface area contributed by atoms with Gasteiger partial charge in [0.1, 0.15) is 0 Å². The maximum Gasteiger partial charge on any atom is 0.0605 e. The first-order valence-electron chi connectivity index (χ1n) is 7.98. The van der Waals surface area contributed by atoms with E-state index in [1.165, 1.54) is 0 Å². The summed E-state index contributed by atoms with van der Waals surface area (Å²) in [5, 5.41) is 0. The van der Waals surface area contributed by atoms with Crippen molar-refractivity contribution in [3.05, 3.63) is 60.7 Å². The highest BCUT2D eigenvalue weighted by molar-refractivity contribution is 5.51. The summed E-state index contributed by atoms with van der Waals surface area (Å²) in [6.07, 6.45) is 0. The molecule has 0 aliphatic heterocycles. The molecule has 0 aliphatic carbocycles. The molecule has 0 radical (unpaired) electrons. The predicted octanol–water partition coefficient (Wildman–Crippen LogP) is 5.73. The fourth-order valence-corrected chi connectivity index (χ4v) is 2.11. The van der Waals surface area contributed by atoms with Crippen LogP contribution in [0.4, 0.5) is 11.4 Å². The van der Waals surface area contributed by atoms with Crippen molar-refractivity contribution in [1.82, 2.24) is 0 Å². The summed E-state index contributed by atoms with van der Waals surface area (Å²) in [6.45, 7) is 12.4. The van der Waals surface area contributed by atoms with E-state index in [9.17, 15) is 0 Å². The summed E-state index contributed by atoms with van der Waals surface area (Å²) >= 11 is 0. The average molecular weight is 314 g/mol. The molecule has 0 aromatic heterocycles. The van der Waals surface area contributed by atoms with Crippen LogP contribution in [0.25, 0.3) is 0 Å². The molecule has 2 N–H and O–H groups in total. The molecule has 0 amide bonds. The van der Waals surface area contributed by atoms with Crippen molar-refractivity contribution in [2.45, 2.75) is 52.7 Å². The molecular formula is C20H30N2O. The van der Waals surface area contributed by atoms with E-state index in [-0.39, 0.29) is 11.2 Å². The van der Waals surface area contributed by atoms with E-state index in [1.807, 2.05) is 60.7 Å². The molecule has 0 unspecified atom stereocenters. The molecule has 0 bridgehead atoms. The molecule has 0 fully saturated rings. The summed E-state index contributed by atoms with van der Waals surface area (Å²) in [7, 11) is 0. The molecule has 0 saturated carbocycles. The van der Waals surface area contributed by atoms with Crippen LogP contribution in [0.3, 0.4) is 0 Å². The summed E-state index contributed by atoms with van der Waals surface area (Å²) in [4.78, 5) is 0. The minimum absolute atomic E-state index is 0.0156. The lowest BCUT2D eigenvalue weighted by Gasteiger charge is -2.30. The normalized spacial score (nSPS) is 11.2. The first-order valence-corrected chi connectivity index (χ1v) is 7.98. The van der Waals surface area contributed by atoms with E-state index in [0.29, 0.717) is 0 Å². The molecule has 0 saturated heterocycles. The molecule has 126 valence electrons. The number of ether oxygens (including phenoxy) is 1. The second kappa shape index (κ2) is 8.59. The van der Waals surface area contributed by atoms with Crippen molar-refractivity contribution >= 4 is 11.4 Å². The van der Waals surface area contributed by atoms with Crippen molar-refractivity contribution in [2.24, 2.45) is 0 Å². The van der Waals surface area contributed by atoms with E-state index in [1.54, 1.807) is 0 Å². The van der Waals surface area contributed by atoms with Gasteiger partial charge in [0.05, 0.1) is 22.6 Å². The van der Waals surface area contributed by atoms with Gasteiger partial charge >= 0.3 is 0 Å². The molecule has 2 rings (SSSR count). The van der Waals surface area contributed by atoms with Gasteiger partial charge in [-0.1, -0.05) is 36.4 Å². The number of rotatable bonds is 3. The summed E-state index contributed by atoms with van der Waals surface area (Å²) in [6, 6.07) is 20.0. The highest BCUT2D eigenvalue weighted by Crippen LogP contribution is 2.18. The van der Waals surface area contributed by atoms with Crippen molar-refractivity contribution in [3.63, 3.8) is 0 Å². The lowest BCUT2D eigenvalue weighted by atomic mass is 10.1. The SMILES string of the molecule is CC(C)(C)OC(C)(C)C.c1ccc(NNc2ccccc2)cc1. The Bertz CT molecular complexity index is 488. The molecule has 3 nitrogen and oxygen atoms in total. The third-order valence-electron chi connectivity index (χ3n) is 2.51. The van der Waals surface area contributed by atoms with Crippen molar-refractivity contribution in [2.75, 3.05) is 10.9 Å². The highest BCUT2D eigenvalue weighted by atomic mass is 16.5.